The van der Waals surface area contributed by atoms with E-state index in [4.69, 9.17) is 15.5 Å². The van der Waals surface area contributed by atoms with Crippen LogP contribution in [-0.4, -0.2) is 53.6 Å². The predicted molar refractivity (Wildman–Crippen MR) is 106 cm³/mol. The average Bonchev–Trinajstić information content (AvgIpc) is 3.29. The summed E-state index contributed by atoms with van der Waals surface area (Å²) in [6.07, 6.45) is 3.46. The van der Waals surface area contributed by atoms with Crippen LogP contribution in [0.3, 0.4) is 0 Å². The molecule has 1 aliphatic carbocycles. The maximum Gasteiger partial charge on any atom is 0.226 e. The Balaban J connectivity index is 1.28. The lowest BCUT2D eigenvalue weighted by Crippen LogP contribution is -2.41. The number of anilines is 2. The van der Waals surface area contributed by atoms with Gasteiger partial charge >= 0.3 is 0 Å². The van der Waals surface area contributed by atoms with Gasteiger partial charge in [0.2, 0.25) is 5.91 Å². The molecule has 2 N–H and O–H groups in total. The van der Waals surface area contributed by atoms with E-state index in [1.807, 2.05) is 4.90 Å². The van der Waals surface area contributed by atoms with E-state index in [0.29, 0.717) is 11.7 Å². The van der Waals surface area contributed by atoms with Gasteiger partial charge in [0.1, 0.15) is 0 Å². The number of hydrogen-bond acceptors (Lipinski definition) is 8. The van der Waals surface area contributed by atoms with Crippen LogP contribution in [0.15, 0.2) is 0 Å². The molecule has 7 nitrogen and oxygen atoms in total. The van der Waals surface area contributed by atoms with Gasteiger partial charge in [-0.1, -0.05) is 0 Å². The monoisotopic (exact) mass is 405 g/mol. The molecule has 27 heavy (non-hydrogen) atoms. The Bertz CT molecular complexity index is 858. The fourth-order valence-corrected chi connectivity index (χ4v) is 6.18. The minimum atomic E-state index is 0.0453. The van der Waals surface area contributed by atoms with Crippen LogP contribution in [0.5, 0.6) is 0 Å². The summed E-state index contributed by atoms with van der Waals surface area (Å²) in [5.41, 5.74) is 8.03. The van der Waals surface area contributed by atoms with Gasteiger partial charge in [0.25, 0.3) is 0 Å². The molecule has 2 aromatic heterocycles. The van der Waals surface area contributed by atoms with Crippen LogP contribution in [0, 0.1) is 5.92 Å². The second-order valence-corrected chi connectivity index (χ2v) is 9.51. The van der Waals surface area contributed by atoms with Crippen molar-refractivity contribution in [2.24, 2.45) is 5.92 Å². The van der Waals surface area contributed by atoms with Crippen LogP contribution in [0.4, 0.5) is 10.3 Å². The van der Waals surface area contributed by atoms with Gasteiger partial charge in [-0.2, -0.15) is 0 Å². The lowest BCUT2D eigenvalue weighted by atomic mass is 9.89. The van der Waals surface area contributed by atoms with Gasteiger partial charge in [0, 0.05) is 48.1 Å². The van der Waals surface area contributed by atoms with E-state index in [0.717, 1.165) is 79.9 Å². The van der Waals surface area contributed by atoms with Crippen molar-refractivity contribution in [1.82, 2.24) is 14.9 Å². The molecule has 1 amide bonds. The highest BCUT2D eigenvalue weighted by Gasteiger charge is 2.33. The Morgan fingerprint density at radius 3 is 2.78 bits per heavy atom. The minimum absolute atomic E-state index is 0.0453. The third-order valence-corrected chi connectivity index (χ3v) is 7.75. The maximum atomic E-state index is 13.1. The molecular formula is C18H23N5O2S2. The van der Waals surface area contributed by atoms with Crippen LogP contribution in [0.2, 0.25) is 0 Å². The molecule has 5 rings (SSSR count). The highest BCUT2D eigenvalue weighted by molar-refractivity contribution is 7.16. The fraction of sp³-hybridized carbons (Fsp3) is 0.611. The predicted octanol–water partition coefficient (Wildman–Crippen LogP) is 1.71. The largest absolute Gasteiger partial charge is 0.378 e. The molecule has 3 aliphatic rings. The van der Waals surface area contributed by atoms with Gasteiger partial charge in [0.05, 0.1) is 31.1 Å². The third kappa shape index (κ3) is 3.32. The van der Waals surface area contributed by atoms with Crippen LogP contribution >= 0.6 is 22.7 Å². The number of thiazole rings is 2. The molecule has 0 aromatic carbocycles. The van der Waals surface area contributed by atoms with E-state index >= 15 is 0 Å². The summed E-state index contributed by atoms with van der Waals surface area (Å²) in [6, 6.07) is 0. The van der Waals surface area contributed by atoms with Crippen molar-refractivity contribution in [3.05, 3.63) is 21.1 Å². The SMILES string of the molecule is Nc1nc2c(s1)CN(C(=O)C1CCc3sc(N4CCOCC4)nc3C1)CC2. The maximum absolute atomic E-state index is 13.1. The Morgan fingerprint density at radius 2 is 1.93 bits per heavy atom. The molecule has 0 bridgehead atoms. The first-order valence-corrected chi connectivity index (χ1v) is 11.1. The molecule has 144 valence electrons. The number of carbonyl (C=O) groups is 1. The molecule has 1 atom stereocenters. The number of nitrogen functional groups attached to an aromatic ring is 1. The zero-order valence-corrected chi connectivity index (χ0v) is 16.8. The lowest BCUT2D eigenvalue weighted by Gasteiger charge is -2.31. The number of nitrogens with zero attached hydrogens (tertiary/aromatic N) is 4. The van der Waals surface area contributed by atoms with Crippen LogP contribution in [-0.2, 0) is 35.3 Å². The van der Waals surface area contributed by atoms with E-state index in [2.05, 4.69) is 9.88 Å². The number of fused-ring (bicyclic) bond motifs is 2. The van der Waals surface area contributed by atoms with Gasteiger partial charge in [-0.15, -0.1) is 22.7 Å². The van der Waals surface area contributed by atoms with Crippen LogP contribution in [0.25, 0.3) is 0 Å². The first-order chi connectivity index (χ1) is 13.2. The van der Waals surface area contributed by atoms with Crippen molar-refractivity contribution in [3.8, 4) is 0 Å². The molecule has 9 heteroatoms. The number of ether oxygens (including phenoxy) is 1. The summed E-state index contributed by atoms with van der Waals surface area (Å²) in [5, 5.41) is 1.70. The molecule has 0 spiro atoms. The molecule has 2 aliphatic heterocycles. The standard InChI is InChI=1S/C18H23N5O2S2/c19-17-20-12-3-4-23(10-15(12)26-17)16(24)11-1-2-14-13(9-11)21-18(27-14)22-5-7-25-8-6-22/h11H,1-10H2,(H2,19,20). The molecule has 2 aromatic rings. The average molecular weight is 406 g/mol. The quantitative estimate of drug-likeness (QED) is 0.819. The number of hydrogen-bond donors (Lipinski definition) is 1. The highest BCUT2D eigenvalue weighted by Crippen LogP contribution is 2.35. The first-order valence-electron chi connectivity index (χ1n) is 9.51. The zero-order chi connectivity index (χ0) is 18.4. The number of nitrogens with two attached hydrogens (primary N) is 1. The van der Waals surface area contributed by atoms with E-state index in [1.165, 1.54) is 16.2 Å². The highest BCUT2D eigenvalue weighted by atomic mass is 32.1. The van der Waals surface area contributed by atoms with E-state index in [1.54, 1.807) is 11.3 Å². The summed E-state index contributed by atoms with van der Waals surface area (Å²) in [5.74, 6) is 0.308. The minimum Gasteiger partial charge on any atom is -0.378 e. The van der Waals surface area contributed by atoms with Gasteiger partial charge in [0.15, 0.2) is 10.3 Å². The Morgan fingerprint density at radius 1 is 1.07 bits per heavy atom. The van der Waals surface area contributed by atoms with E-state index in [9.17, 15) is 4.79 Å². The number of morpholine rings is 1. The molecule has 1 fully saturated rings. The number of rotatable bonds is 2. The van der Waals surface area contributed by atoms with Crippen LogP contribution < -0.4 is 10.6 Å². The topological polar surface area (TPSA) is 84.6 Å². The summed E-state index contributed by atoms with van der Waals surface area (Å²) in [6.45, 7) is 4.75. The van der Waals surface area contributed by atoms with Gasteiger partial charge in [-0.25, -0.2) is 9.97 Å². The zero-order valence-electron chi connectivity index (χ0n) is 15.1. The Hall–Kier alpha value is -1.71. The molecule has 0 saturated carbocycles. The van der Waals surface area contributed by atoms with Crippen molar-refractivity contribution >= 4 is 38.8 Å². The molecule has 1 unspecified atom stereocenters. The number of carbonyl (C=O) groups excluding carboxylic acids is 1. The molecule has 0 radical (unpaired) electrons. The van der Waals surface area contributed by atoms with Crippen molar-refractivity contribution < 1.29 is 9.53 Å². The molecular weight excluding hydrogens is 382 g/mol. The van der Waals surface area contributed by atoms with Crippen molar-refractivity contribution in [2.75, 3.05) is 43.5 Å². The van der Waals surface area contributed by atoms with Gasteiger partial charge in [-0.05, 0) is 12.8 Å². The second-order valence-electron chi connectivity index (χ2n) is 7.34. The third-order valence-electron chi connectivity index (χ3n) is 5.62. The lowest BCUT2D eigenvalue weighted by molar-refractivity contribution is -0.136. The first kappa shape index (κ1) is 17.4. The normalized spacial score (nSPS) is 22.4. The summed E-state index contributed by atoms with van der Waals surface area (Å²) in [4.78, 5) is 29.2. The fourth-order valence-electron chi connectivity index (χ4n) is 4.13. The van der Waals surface area contributed by atoms with Crippen molar-refractivity contribution in [1.29, 1.82) is 0 Å². The van der Waals surface area contributed by atoms with Crippen molar-refractivity contribution in [2.45, 2.75) is 32.2 Å². The Kier molecular flexibility index (Phi) is 4.53. The second kappa shape index (κ2) is 7.03. The number of aryl methyl sites for hydroxylation is 1. The number of amides is 1. The molecule has 4 heterocycles. The Labute approximate surface area is 166 Å². The summed E-state index contributed by atoms with van der Waals surface area (Å²) < 4.78 is 5.44. The van der Waals surface area contributed by atoms with Gasteiger partial charge in [-0.3, -0.25) is 4.79 Å². The van der Waals surface area contributed by atoms with E-state index in [-0.39, 0.29) is 11.8 Å². The van der Waals surface area contributed by atoms with Crippen molar-refractivity contribution in [3.63, 3.8) is 0 Å². The molecule has 1 saturated heterocycles. The summed E-state index contributed by atoms with van der Waals surface area (Å²) >= 11 is 3.31. The summed E-state index contributed by atoms with van der Waals surface area (Å²) in [7, 11) is 0. The van der Waals surface area contributed by atoms with Gasteiger partial charge < -0.3 is 20.3 Å². The van der Waals surface area contributed by atoms with Crippen LogP contribution in [0.1, 0.15) is 27.6 Å². The smallest absolute Gasteiger partial charge is 0.226 e. The number of aromatic nitrogens is 2. The van der Waals surface area contributed by atoms with E-state index < -0.39 is 0 Å².